The van der Waals surface area contributed by atoms with E-state index in [1.165, 1.54) is 11.6 Å². The maximum Gasteiger partial charge on any atom is 0.330 e. The molecule has 0 aliphatic carbocycles. The van der Waals surface area contributed by atoms with Gasteiger partial charge >= 0.3 is 5.69 Å². The van der Waals surface area contributed by atoms with Crippen LogP contribution in [0.15, 0.2) is 58.3 Å². The topological polar surface area (TPSA) is 48.9 Å². The van der Waals surface area contributed by atoms with Crippen molar-refractivity contribution in [3.8, 4) is 16.9 Å². The molecular formula is C21H17ClIN3O2. The zero-order chi connectivity index (χ0) is 20.2. The van der Waals surface area contributed by atoms with E-state index in [1.807, 2.05) is 48.0 Å². The van der Waals surface area contributed by atoms with Crippen molar-refractivity contribution in [2.45, 2.75) is 6.92 Å². The highest BCUT2D eigenvalue weighted by Gasteiger charge is 2.22. The van der Waals surface area contributed by atoms with Crippen LogP contribution in [0, 0.1) is 10.5 Å². The molecule has 4 aromatic rings. The van der Waals surface area contributed by atoms with Crippen molar-refractivity contribution in [3.63, 3.8) is 0 Å². The lowest BCUT2D eigenvalue weighted by Crippen LogP contribution is -2.36. The third kappa shape index (κ3) is 2.82. The molecule has 0 N–H and O–H groups in total. The summed E-state index contributed by atoms with van der Waals surface area (Å²) in [6.45, 7) is 2.02. The van der Waals surface area contributed by atoms with Gasteiger partial charge in [-0.05, 0) is 59.3 Å². The van der Waals surface area contributed by atoms with Crippen molar-refractivity contribution in [1.82, 2.24) is 13.7 Å². The molecule has 142 valence electrons. The number of aromatic nitrogens is 3. The van der Waals surface area contributed by atoms with Crippen LogP contribution in [0.3, 0.4) is 0 Å². The van der Waals surface area contributed by atoms with E-state index < -0.39 is 0 Å². The Hall–Kier alpha value is -2.32. The van der Waals surface area contributed by atoms with Gasteiger partial charge in [0.15, 0.2) is 0 Å². The van der Waals surface area contributed by atoms with Gasteiger partial charge < -0.3 is 4.57 Å². The number of fused-ring (bicyclic) bond motifs is 1. The first-order valence-corrected chi connectivity index (χ1v) is 10.1. The molecule has 0 fully saturated rings. The molecule has 0 unspecified atom stereocenters. The summed E-state index contributed by atoms with van der Waals surface area (Å²) in [6, 6.07) is 13.5. The molecule has 0 aliphatic rings. The van der Waals surface area contributed by atoms with Crippen molar-refractivity contribution >= 4 is 45.1 Å². The average molecular weight is 506 g/mol. The van der Waals surface area contributed by atoms with Gasteiger partial charge in [-0.25, -0.2) is 4.79 Å². The number of hydrogen-bond donors (Lipinski definition) is 0. The highest BCUT2D eigenvalue weighted by atomic mass is 127. The van der Waals surface area contributed by atoms with Crippen LogP contribution in [-0.2, 0) is 14.1 Å². The highest BCUT2D eigenvalue weighted by molar-refractivity contribution is 14.1. The SMILES string of the molecule is Cc1cc(I)ccc1-n1cc2c(c1-c1ccccc1Cl)c(=O)n(C)c(=O)n2C. The maximum atomic E-state index is 13.1. The lowest BCUT2D eigenvalue weighted by atomic mass is 10.1. The molecule has 4 rings (SSSR count). The van der Waals surface area contributed by atoms with Crippen LogP contribution in [0.5, 0.6) is 0 Å². The minimum Gasteiger partial charge on any atom is -0.313 e. The number of halogens is 2. The first kappa shape index (κ1) is 19.0. The van der Waals surface area contributed by atoms with E-state index in [9.17, 15) is 9.59 Å². The molecular weight excluding hydrogens is 489 g/mol. The summed E-state index contributed by atoms with van der Waals surface area (Å²) in [4.78, 5) is 25.5. The second-order valence-electron chi connectivity index (χ2n) is 6.72. The lowest BCUT2D eigenvalue weighted by Gasteiger charge is -2.14. The molecule has 5 nitrogen and oxygen atoms in total. The van der Waals surface area contributed by atoms with Gasteiger partial charge in [0.1, 0.15) is 0 Å². The van der Waals surface area contributed by atoms with Gasteiger partial charge in [-0.1, -0.05) is 29.8 Å². The van der Waals surface area contributed by atoms with E-state index in [0.717, 1.165) is 25.0 Å². The molecule has 2 aromatic carbocycles. The summed E-state index contributed by atoms with van der Waals surface area (Å²) in [7, 11) is 3.17. The van der Waals surface area contributed by atoms with Gasteiger partial charge in [-0.2, -0.15) is 0 Å². The third-order valence-electron chi connectivity index (χ3n) is 4.99. The van der Waals surface area contributed by atoms with Crippen LogP contribution < -0.4 is 11.2 Å². The van der Waals surface area contributed by atoms with Crippen molar-refractivity contribution in [3.05, 3.63) is 83.7 Å². The van der Waals surface area contributed by atoms with Crippen LogP contribution in [0.2, 0.25) is 5.02 Å². The molecule has 0 amide bonds. The summed E-state index contributed by atoms with van der Waals surface area (Å²) in [5, 5.41) is 1.01. The van der Waals surface area contributed by atoms with Crippen LogP contribution in [0.4, 0.5) is 0 Å². The van der Waals surface area contributed by atoms with Gasteiger partial charge in [0.05, 0.1) is 16.6 Å². The molecule has 0 aliphatic heterocycles. The second kappa shape index (κ2) is 6.93. The van der Waals surface area contributed by atoms with E-state index in [1.54, 1.807) is 13.1 Å². The number of rotatable bonds is 2. The molecule has 0 radical (unpaired) electrons. The van der Waals surface area contributed by atoms with E-state index in [-0.39, 0.29) is 11.2 Å². The Morgan fingerprint density at radius 2 is 1.71 bits per heavy atom. The molecule has 0 atom stereocenters. The fourth-order valence-electron chi connectivity index (χ4n) is 3.54. The van der Waals surface area contributed by atoms with Gasteiger partial charge in [0, 0.05) is 40.1 Å². The third-order valence-corrected chi connectivity index (χ3v) is 5.99. The van der Waals surface area contributed by atoms with Gasteiger partial charge in [0.25, 0.3) is 5.56 Å². The monoisotopic (exact) mass is 505 g/mol. The van der Waals surface area contributed by atoms with Crippen LogP contribution in [-0.4, -0.2) is 13.7 Å². The van der Waals surface area contributed by atoms with Crippen LogP contribution >= 0.6 is 34.2 Å². The van der Waals surface area contributed by atoms with Crippen molar-refractivity contribution in [1.29, 1.82) is 0 Å². The highest BCUT2D eigenvalue weighted by Crippen LogP contribution is 2.35. The predicted octanol–water partition coefficient (Wildman–Crippen LogP) is 4.26. The Labute approximate surface area is 179 Å². The Kier molecular flexibility index (Phi) is 4.71. The van der Waals surface area contributed by atoms with E-state index in [0.29, 0.717) is 21.6 Å². The Morgan fingerprint density at radius 1 is 1.00 bits per heavy atom. The standard InChI is InChI=1S/C21H17ClIN3O2/c1-12-10-13(23)8-9-16(12)26-11-17-18(20(27)25(3)21(28)24(17)2)19(26)14-6-4-5-7-15(14)22/h4-11H,1-3H3. The molecule has 2 aromatic heterocycles. The first-order valence-electron chi connectivity index (χ1n) is 8.63. The molecule has 0 spiro atoms. The minimum atomic E-state index is -0.361. The van der Waals surface area contributed by atoms with E-state index in [4.69, 9.17) is 11.6 Å². The largest absolute Gasteiger partial charge is 0.330 e. The van der Waals surface area contributed by atoms with Crippen LogP contribution in [0.1, 0.15) is 5.56 Å². The Morgan fingerprint density at radius 3 is 2.39 bits per heavy atom. The molecule has 0 saturated carbocycles. The fraction of sp³-hybridized carbons (Fsp3) is 0.143. The Balaban J connectivity index is 2.26. The van der Waals surface area contributed by atoms with Gasteiger partial charge in [-0.3, -0.25) is 13.9 Å². The van der Waals surface area contributed by atoms with Crippen molar-refractivity contribution in [2.75, 3.05) is 0 Å². The fourth-order valence-corrected chi connectivity index (χ4v) is 4.41. The zero-order valence-electron chi connectivity index (χ0n) is 15.5. The molecule has 28 heavy (non-hydrogen) atoms. The number of nitrogens with zero attached hydrogens (tertiary/aromatic N) is 3. The van der Waals surface area contributed by atoms with E-state index >= 15 is 0 Å². The van der Waals surface area contributed by atoms with Gasteiger partial charge in [0.2, 0.25) is 0 Å². The van der Waals surface area contributed by atoms with Crippen molar-refractivity contribution in [2.24, 2.45) is 14.1 Å². The predicted molar refractivity (Wildman–Crippen MR) is 122 cm³/mol. The summed E-state index contributed by atoms with van der Waals surface area (Å²) in [6.07, 6.45) is 1.84. The second-order valence-corrected chi connectivity index (χ2v) is 8.38. The summed E-state index contributed by atoms with van der Waals surface area (Å²) in [5.74, 6) is 0. The maximum absolute atomic E-state index is 13.1. The zero-order valence-corrected chi connectivity index (χ0v) is 18.4. The number of benzene rings is 2. The quantitative estimate of drug-likeness (QED) is 0.382. The van der Waals surface area contributed by atoms with E-state index in [2.05, 4.69) is 28.7 Å². The molecule has 2 heterocycles. The lowest BCUT2D eigenvalue weighted by molar-refractivity contribution is 0.714. The van der Waals surface area contributed by atoms with Crippen molar-refractivity contribution < 1.29 is 0 Å². The smallest absolute Gasteiger partial charge is 0.313 e. The molecule has 0 bridgehead atoms. The Bertz CT molecular complexity index is 1360. The van der Waals surface area contributed by atoms with Crippen LogP contribution in [0.25, 0.3) is 27.8 Å². The minimum absolute atomic E-state index is 0.338. The number of hydrogen-bond acceptors (Lipinski definition) is 2. The summed E-state index contributed by atoms with van der Waals surface area (Å²) >= 11 is 8.78. The average Bonchev–Trinajstić information content (AvgIpc) is 3.05. The normalized spacial score (nSPS) is 11.3. The first-order chi connectivity index (χ1) is 13.3. The van der Waals surface area contributed by atoms with Gasteiger partial charge in [-0.15, -0.1) is 0 Å². The summed E-state index contributed by atoms with van der Waals surface area (Å²) < 4.78 is 5.71. The number of aryl methyl sites for hydroxylation is 2. The molecule has 0 saturated heterocycles. The molecule has 7 heteroatoms. The summed E-state index contributed by atoms with van der Waals surface area (Å²) in [5.41, 5.74) is 3.29.